The van der Waals surface area contributed by atoms with Gasteiger partial charge in [-0.15, -0.1) is 0 Å². The molecule has 1 heterocycles. The fraction of sp³-hybridized carbons (Fsp3) is 0.444. The first-order valence-electron chi connectivity index (χ1n) is 12.1. The van der Waals surface area contributed by atoms with Gasteiger partial charge in [0.2, 0.25) is 5.88 Å². The summed E-state index contributed by atoms with van der Waals surface area (Å²) in [6.07, 6.45) is 1.20. The van der Waals surface area contributed by atoms with Crippen molar-refractivity contribution in [2.75, 3.05) is 33.4 Å². The molecule has 0 unspecified atom stereocenters. The summed E-state index contributed by atoms with van der Waals surface area (Å²) in [5.74, 6) is 2.17. The summed E-state index contributed by atoms with van der Waals surface area (Å²) in [6, 6.07) is 17.6. The molecule has 0 amide bonds. The van der Waals surface area contributed by atoms with Gasteiger partial charge in [0.15, 0.2) is 0 Å². The van der Waals surface area contributed by atoms with E-state index in [1.807, 2.05) is 66.2 Å². The molecule has 0 saturated heterocycles. The van der Waals surface area contributed by atoms with Crippen molar-refractivity contribution < 1.29 is 19.3 Å². The third-order valence-electron chi connectivity index (χ3n) is 5.53. The molecule has 34 heavy (non-hydrogen) atoms. The SMILES string of the molecule is CCCN(Cc1c(CC)nn(-c2ccccc2)c1Oc1ccc(OC)cc1)C[C@H](O)COCC. The van der Waals surface area contributed by atoms with E-state index in [0.29, 0.717) is 37.9 Å². The van der Waals surface area contributed by atoms with Gasteiger partial charge in [-0.2, -0.15) is 5.10 Å². The smallest absolute Gasteiger partial charge is 0.227 e. The van der Waals surface area contributed by atoms with E-state index in [1.54, 1.807) is 7.11 Å². The zero-order valence-electron chi connectivity index (χ0n) is 20.7. The van der Waals surface area contributed by atoms with E-state index in [9.17, 15) is 5.11 Å². The first-order valence-corrected chi connectivity index (χ1v) is 12.1. The minimum Gasteiger partial charge on any atom is -0.497 e. The standard InChI is InChI=1S/C27H37N3O4/c1-5-17-29(18-22(31)20-33-7-3)19-25-26(6-2)28-30(21-11-9-8-10-12-21)27(25)34-24-15-13-23(32-4)14-16-24/h8-16,22,31H,5-7,17-20H2,1-4H3/t22-/m0/s1. The molecule has 3 rings (SSSR count). The molecule has 0 fully saturated rings. The third-order valence-corrected chi connectivity index (χ3v) is 5.53. The van der Waals surface area contributed by atoms with E-state index >= 15 is 0 Å². The highest BCUT2D eigenvalue weighted by Crippen LogP contribution is 2.33. The molecule has 3 aromatic rings. The predicted octanol–water partition coefficient (Wildman–Crippen LogP) is 4.85. The summed E-state index contributed by atoms with van der Waals surface area (Å²) in [6.45, 7) is 9.10. The lowest BCUT2D eigenvalue weighted by Crippen LogP contribution is -2.35. The first kappa shape index (κ1) is 25.7. The Morgan fingerprint density at radius 1 is 1.00 bits per heavy atom. The summed E-state index contributed by atoms with van der Waals surface area (Å²) in [5.41, 5.74) is 2.94. The van der Waals surface area contributed by atoms with Gasteiger partial charge < -0.3 is 19.3 Å². The van der Waals surface area contributed by atoms with Gasteiger partial charge in [0.05, 0.1) is 36.8 Å². The van der Waals surface area contributed by atoms with Crippen molar-refractivity contribution in [3.05, 3.63) is 65.9 Å². The van der Waals surface area contributed by atoms with E-state index in [4.69, 9.17) is 19.3 Å². The maximum atomic E-state index is 10.5. The number of benzene rings is 2. The van der Waals surface area contributed by atoms with Gasteiger partial charge >= 0.3 is 0 Å². The minimum absolute atomic E-state index is 0.329. The van der Waals surface area contributed by atoms with Crippen LogP contribution in [-0.4, -0.2) is 59.3 Å². The molecular formula is C27H37N3O4. The zero-order valence-corrected chi connectivity index (χ0v) is 20.7. The molecule has 7 heteroatoms. The van der Waals surface area contributed by atoms with Crippen molar-refractivity contribution in [1.29, 1.82) is 0 Å². The minimum atomic E-state index is -0.549. The van der Waals surface area contributed by atoms with E-state index in [2.05, 4.69) is 18.7 Å². The molecule has 0 bridgehead atoms. The van der Waals surface area contributed by atoms with E-state index in [-0.39, 0.29) is 0 Å². The maximum Gasteiger partial charge on any atom is 0.227 e. The Morgan fingerprint density at radius 2 is 1.71 bits per heavy atom. The fourth-order valence-corrected chi connectivity index (χ4v) is 3.90. The number of aliphatic hydroxyl groups excluding tert-OH is 1. The highest BCUT2D eigenvalue weighted by molar-refractivity contribution is 5.44. The van der Waals surface area contributed by atoms with Gasteiger partial charge in [0.1, 0.15) is 11.5 Å². The number of methoxy groups -OCH3 is 1. The van der Waals surface area contributed by atoms with Crippen LogP contribution in [0, 0.1) is 0 Å². The monoisotopic (exact) mass is 467 g/mol. The molecule has 2 aromatic carbocycles. The molecule has 184 valence electrons. The lowest BCUT2D eigenvalue weighted by molar-refractivity contribution is 0.0194. The Hall–Kier alpha value is -2.87. The Bertz CT molecular complexity index is 989. The molecule has 7 nitrogen and oxygen atoms in total. The van der Waals surface area contributed by atoms with Crippen molar-refractivity contribution in [3.63, 3.8) is 0 Å². The van der Waals surface area contributed by atoms with Crippen LogP contribution < -0.4 is 9.47 Å². The Kier molecular flexibility index (Phi) is 9.94. The highest BCUT2D eigenvalue weighted by atomic mass is 16.5. The van der Waals surface area contributed by atoms with Crippen LogP contribution in [0.4, 0.5) is 0 Å². The first-order chi connectivity index (χ1) is 16.6. The van der Waals surface area contributed by atoms with Crippen molar-refractivity contribution in [2.24, 2.45) is 0 Å². The third kappa shape index (κ3) is 6.82. The molecule has 1 N–H and O–H groups in total. The summed E-state index contributed by atoms with van der Waals surface area (Å²) in [5, 5.41) is 15.4. The normalized spacial score (nSPS) is 12.2. The number of para-hydroxylation sites is 1. The van der Waals surface area contributed by atoms with Gasteiger partial charge in [-0.05, 0) is 62.7 Å². The van der Waals surface area contributed by atoms with Gasteiger partial charge in [-0.3, -0.25) is 4.90 Å². The molecule has 0 aliphatic heterocycles. The van der Waals surface area contributed by atoms with Crippen LogP contribution in [0.15, 0.2) is 54.6 Å². The molecule has 0 spiro atoms. The van der Waals surface area contributed by atoms with Gasteiger partial charge in [0.25, 0.3) is 0 Å². The molecule has 1 atom stereocenters. The van der Waals surface area contributed by atoms with Crippen LogP contribution in [0.25, 0.3) is 5.69 Å². The zero-order chi connectivity index (χ0) is 24.3. The number of aromatic nitrogens is 2. The number of hydrogen-bond donors (Lipinski definition) is 1. The van der Waals surface area contributed by atoms with Gasteiger partial charge in [-0.25, -0.2) is 4.68 Å². The van der Waals surface area contributed by atoms with Crippen LogP contribution in [-0.2, 0) is 17.7 Å². The van der Waals surface area contributed by atoms with E-state index in [1.165, 1.54) is 0 Å². The van der Waals surface area contributed by atoms with Crippen molar-refractivity contribution in [3.8, 4) is 23.1 Å². The number of aryl methyl sites for hydroxylation is 1. The summed E-state index contributed by atoms with van der Waals surface area (Å²) < 4.78 is 19.0. The van der Waals surface area contributed by atoms with E-state index < -0.39 is 6.10 Å². The lowest BCUT2D eigenvalue weighted by Gasteiger charge is -2.25. The number of hydrogen-bond acceptors (Lipinski definition) is 6. The number of aliphatic hydroxyl groups is 1. The molecule has 0 aliphatic rings. The van der Waals surface area contributed by atoms with Crippen LogP contribution in [0.3, 0.4) is 0 Å². The van der Waals surface area contributed by atoms with Gasteiger partial charge in [-0.1, -0.05) is 32.0 Å². The second-order valence-electron chi connectivity index (χ2n) is 8.16. The van der Waals surface area contributed by atoms with Crippen LogP contribution in [0.5, 0.6) is 17.4 Å². The Balaban J connectivity index is 1.98. The Labute approximate surface area is 202 Å². The van der Waals surface area contributed by atoms with E-state index in [0.717, 1.165) is 42.1 Å². The van der Waals surface area contributed by atoms with Crippen molar-refractivity contribution in [1.82, 2.24) is 14.7 Å². The second-order valence-corrected chi connectivity index (χ2v) is 8.16. The molecule has 0 aliphatic carbocycles. The average molecular weight is 468 g/mol. The largest absolute Gasteiger partial charge is 0.497 e. The molecule has 1 aromatic heterocycles. The molecule has 0 saturated carbocycles. The highest BCUT2D eigenvalue weighted by Gasteiger charge is 2.23. The summed E-state index contributed by atoms with van der Waals surface area (Å²) in [7, 11) is 1.65. The lowest BCUT2D eigenvalue weighted by atomic mass is 10.1. The fourth-order valence-electron chi connectivity index (χ4n) is 3.90. The van der Waals surface area contributed by atoms with Crippen LogP contribution >= 0.6 is 0 Å². The van der Waals surface area contributed by atoms with Crippen LogP contribution in [0.1, 0.15) is 38.4 Å². The topological polar surface area (TPSA) is 69.0 Å². The average Bonchev–Trinajstić information content (AvgIpc) is 3.20. The number of ether oxygens (including phenoxy) is 3. The Morgan fingerprint density at radius 3 is 2.32 bits per heavy atom. The van der Waals surface area contributed by atoms with Gasteiger partial charge in [0, 0.05) is 19.7 Å². The summed E-state index contributed by atoms with van der Waals surface area (Å²) in [4.78, 5) is 2.25. The second kappa shape index (κ2) is 13.1. The van der Waals surface area contributed by atoms with Crippen molar-refractivity contribution >= 4 is 0 Å². The quantitative estimate of drug-likeness (QED) is 0.366. The maximum absolute atomic E-state index is 10.5. The van der Waals surface area contributed by atoms with Crippen molar-refractivity contribution in [2.45, 2.75) is 46.3 Å². The number of nitrogens with zero attached hydrogens (tertiary/aromatic N) is 3. The summed E-state index contributed by atoms with van der Waals surface area (Å²) >= 11 is 0. The number of rotatable bonds is 14. The van der Waals surface area contributed by atoms with Crippen LogP contribution in [0.2, 0.25) is 0 Å². The molecule has 0 radical (unpaired) electrons. The molecular weight excluding hydrogens is 430 g/mol. The predicted molar refractivity (Wildman–Crippen MR) is 134 cm³/mol.